The number of aliphatic carboxylic acids is 1. The summed E-state index contributed by atoms with van der Waals surface area (Å²) in [7, 11) is 1.80. The first-order valence-corrected chi connectivity index (χ1v) is 7.29. The van der Waals surface area contributed by atoms with Gasteiger partial charge < -0.3 is 19.5 Å². The first-order chi connectivity index (χ1) is 9.19. The largest absolute Gasteiger partial charge is 0.480 e. The number of rotatable bonds is 5. The molecule has 0 radical (unpaired) electrons. The molecule has 2 aliphatic rings. The van der Waals surface area contributed by atoms with Crippen LogP contribution in [0.25, 0.3) is 0 Å². The first-order valence-electron chi connectivity index (χ1n) is 7.29. The number of carboxylic acid groups (broad SMARTS) is 1. The standard InChI is InChI=1S/C14H25NO4/c1-18-12-4-2-11(3-5-12)15-8-6-13(7-9-15)19-10-14(16)17/h11-13H,2-10H2,1H3,(H,16,17). The third kappa shape index (κ3) is 4.44. The fourth-order valence-corrected chi connectivity index (χ4v) is 3.24. The van der Waals surface area contributed by atoms with Gasteiger partial charge in [-0.15, -0.1) is 0 Å². The molecule has 1 saturated heterocycles. The Labute approximate surface area is 114 Å². The van der Waals surface area contributed by atoms with Crippen molar-refractivity contribution in [2.24, 2.45) is 0 Å². The van der Waals surface area contributed by atoms with Crippen LogP contribution in [-0.2, 0) is 14.3 Å². The highest BCUT2D eigenvalue weighted by Gasteiger charge is 2.29. The van der Waals surface area contributed by atoms with E-state index < -0.39 is 5.97 Å². The Bertz CT molecular complexity index is 281. The summed E-state index contributed by atoms with van der Waals surface area (Å²) in [4.78, 5) is 13.0. The van der Waals surface area contributed by atoms with E-state index in [1.807, 2.05) is 0 Å². The number of carboxylic acids is 1. The van der Waals surface area contributed by atoms with Gasteiger partial charge in [-0.3, -0.25) is 0 Å². The van der Waals surface area contributed by atoms with Crippen molar-refractivity contribution in [3.8, 4) is 0 Å². The smallest absolute Gasteiger partial charge is 0.329 e. The molecule has 1 aliphatic heterocycles. The van der Waals surface area contributed by atoms with Crippen molar-refractivity contribution < 1.29 is 19.4 Å². The fraction of sp³-hybridized carbons (Fsp3) is 0.929. The van der Waals surface area contributed by atoms with Crippen LogP contribution in [0, 0.1) is 0 Å². The summed E-state index contributed by atoms with van der Waals surface area (Å²) in [5.41, 5.74) is 0. The van der Waals surface area contributed by atoms with Crippen LogP contribution in [0.4, 0.5) is 0 Å². The van der Waals surface area contributed by atoms with E-state index in [1.165, 1.54) is 12.8 Å². The Morgan fingerprint density at radius 3 is 2.26 bits per heavy atom. The number of nitrogens with zero attached hydrogens (tertiary/aromatic N) is 1. The average molecular weight is 271 g/mol. The monoisotopic (exact) mass is 271 g/mol. The molecular weight excluding hydrogens is 246 g/mol. The minimum absolute atomic E-state index is 0.127. The van der Waals surface area contributed by atoms with Gasteiger partial charge in [0, 0.05) is 26.2 Å². The molecule has 0 unspecified atom stereocenters. The maximum atomic E-state index is 10.5. The lowest BCUT2D eigenvalue weighted by atomic mass is 9.90. The van der Waals surface area contributed by atoms with Crippen molar-refractivity contribution in [1.82, 2.24) is 4.90 Å². The van der Waals surface area contributed by atoms with Crippen molar-refractivity contribution in [3.63, 3.8) is 0 Å². The lowest BCUT2D eigenvalue weighted by Crippen LogP contribution is -2.45. The van der Waals surface area contributed by atoms with Gasteiger partial charge in [-0.05, 0) is 38.5 Å². The minimum Gasteiger partial charge on any atom is -0.480 e. The fourth-order valence-electron chi connectivity index (χ4n) is 3.24. The summed E-state index contributed by atoms with van der Waals surface area (Å²) in [6, 6.07) is 0.687. The number of ether oxygens (including phenoxy) is 2. The minimum atomic E-state index is -0.875. The zero-order valence-electron chi connectivity index (χ0n) is 11.7. The summed E-state index contributed by atoms with van der Waals surface area (Å²) in [6.07, 6.45) is 7.26. The highest BCUT2D eigenvalue weighted by atomic mass is 16.5. The van der Waals surface area contributed by atoms with E-state index in [4.69, 9.17) is 14.6 Å². The second-order valence-corrected chi connectivity index (χ2v) is 5.61. The second-order valence-electron chi connectivity index (χ2n) is 5.61. The van der Waals surface area contributed by atoms with Gasteiger partial charge in [0.2, 0.25) is 0 Å². The molecule has 0 spiro atoms. The number of hydrogen-bond acceptors (Lipinski definition) is 4. The van der Waals surface area contributed by atoms with E-state index in [0.717, 1.165) is 38.8 Å². The molecule has 5 nitrogen and oxygen atoms in total. The predicted molar refractivity (Wildman–Crippen MR) is 71.2 cm³/mol. The molecule has 19 heavy (non-hydrogen) atoms. The van der Waals surface area contributed by atoms with Crippen LogP contribution in [0.1, 0.15) is 38.5 Å². The molecule has 0 aromatic heterocycles. The molecule has 0 bridgehead atoms. The van der Waals surface area contributed by atoms with Gasteiger partial charge in [-0.25, -0.2) is 4.79 Å². The van der Waals surface area contributed by atoms with Crippen LogP contribution in [0.15, 0.2) is 0 Å². The number of hydrogen-bond donors (Lipinski definition) is 1. The number of piperidine rings is 1. The van der Waals surface area contributed by atoms with Crippen LogP contribution < -0.4 is 0 Å². The van der Waals surface area contributed by atoms with Crippen molar-refractivity contribution >= 4 is 5.97 Å². The maximum Gasteiger partial charge on any atom is 0.329 e. The predicted octanol–water partition coefficient (Wildman–Crippen LogP) is 1.51. The highest BCUT2D eigenvalue weighted by Crippen LogP contribution is 2.27. The van der Waals surface area contributed by atoms with Crippen LogP contribution in [0.2, 0.25) is 0 Å². The first kappa shape index (κ1) is 14.8. The number of methoxy groups -OCH3 is 1. The van der Waals surface area contributed by atoms with Crippen molar-refractivity contribution in [1.29, 1.82) is 0 Å². The molecule has 0 amide bonds. The lowest BCUT2D eigenvalue weighted by Gasteiger charge is -2.40. The average Bonchev–Trinajstić information content (AvgIpc) is 2.46. The SMILES string of the molecule is COC1CCC(N2CCC(OCC(=O)O)CC2)CC1. The molecule has 1 saturated carbocycles. The van der Waals surface area contributed by atoms with Crippen LogP contribution >= 0.6 is 0 Å². The Morgan fingerprint density at radius 2 is 1.74 bits per heavy atom. The van der Waals surface area contributed by atoms with Gasteiger partial charge in [0.25, 0.3) is 0 Å². The summed E-state index contributed by atoms with van der Waals surface area (Å²) in [5.74, 6) is -0.875. The normalized spacial score (nSPS) is 30.4. The Morgan fingerprint density at radius 1 is 1.11 bits per heavy atom. The zero-order chi connectivity index (χ0) is 13.7. The highest BCUT2D eigenvalue weighted by molar-refractivity contribution is 5.68. The van der Waals surface area contributed by atoms with E-state index in [2.05, 4.69) is 4.90 Å². The molecule has 0 aromatic rings. The van der Waals surface area contributed by atoms with Crippen molar-refractivity contribution in [2.75, 3.05) is 26.8 Å². The molecule has 2 fully saturated rings. The zero-order valence-corrected chi connectivity index (χ0v) is 11.7. The quantitative estimate of drug-likeness (QED) is 0.821. The molecule has 2 rings (SSSR count). The molecule has 0 atom stereocenters. The van der Waals surface area contributed by atoms with Gasteiger partial charge in [-0.2, -0.15) is 0 Å². The van der Waals surface area contributed by atoms with Gasteiger partial charge in [0.1, 0.15) is 6.61 Å². The van der Waals surface area contributed by atoms with Crippen LogP contribution in [0.5, 0.6) is 0 Å². The van der Waals surface area contributed by atoms with E-state index in [9.17, 15) is 4.79 Å². The molecule has 1 heterocycles. The van der Waals surface area contributed by atoms with Gasteiger partial charge in [0.15, 0.2) is 0 Å². The lowest BCUT2D eigenvalue weighted by molar-refractivity contribution is -0.145. The molecule has 1 N–H and O–H groups in total. The van der Waals surface area contributed by atoms with Crippen LogP contribution in [0.3, 0.4) is 0 Å². The third-order valence-corrected chi connectivity index (χ3v) is 4.41. The third-order valence-electron chi connectivity index (χ3n) is 4.41. The van der Waals surface area contributed by atoms with E-state index in [0.29, 0.717) is 12.1 Å². The van der Waals surface area contributed by atoms with Crippen molar-refractivity contribution in [3.05, 3.63) is 0 Å². The van der Waals surface area contributed by atoms with Crippen LogP contribution in [-0.4, -0.2) is 61.0 Å². The van der Waals surface area contributed by atoms with Crippen molar-refractivity contribution in [2.45, 2.75) is 56.8 Å². The molecule has 0 aromatic carbocycles. The topological polar surface area (TPSA) is 59.0 Å². The van der Waals surface area contributed by atoms with E-state index in [1.54, 1.807) is 7.11 Å². The molecule has 5 heteroatoms. The second kappa shape index (κ2) is 7.22. The van der Waals surface area contributed by atoms with Gasteiger partial charge in [0.05, 0.1) is 12.2 Å². The Balaban J connectivity index is 1.67. The van der Waals surface area contributed by atoms with Gasteiger partial charge in [-0.1, -0.05) is 0 Å². The van der Waals surface area contributed by atoms with Gasteiger partial charge >= 0.3 is 5.97 Å². The summed E-state index contributed by atoms with van der Waals surface area (Å²) < 4.78 is 10.8. The summed E-state index contributed by atoms with van der Waals surface area (Å²) >= 11 is 0. The number of likely N-dealkylation sites (tertiary alicyclic amines) is 1. The molecular formula is C14H25NO4. The molecule has 110 valence electrons. The Hall–Kier alpha value is -0.650. The maximum absolute atomic E-state index is 10.5. The Kier molecular flexibility index (Phi) is 5.60. The van der Waals surface area contributed by atoms with E-state index in [-0.39, 0.29) is 12.7 Å². The van der Waals surface area contributed by atoms with E-state index >= 15 is 0 Å². The summed E-state index contributed by atoms with van der Waals surface area (Å²) in [5, 5.41) is 8.60. The number of carbonyl (C=O) groups is 1. The molecule has 1 aliphatic carbocycles. The summed E-state index contributed by atoms with van der Waals surface area (Å²) in [6.45, 7) is 1.91.